The van der Waals surface area contributed by atoms with Crippen molar-refractivity contribution < 1.29 is 22.0 Å². The average molecular weight is 345 g/mol. The van der Waals surface area contributed by atoms with Crippen LogP contribution < -0.4 is 4.90 Å². The minimum Gasteiger partial charge on any atom is -0.356 e. The smallest absolute Gasteiger partial charge is 0.356 e. The molecule has 1 aromatic rings. The molecule has 1 aliphatic rings. The van der Waals surface area contributed by atoms with Crippen molar-refractivity contribution in [1.82, 2.24) is 4.98 Å². The van der Waals surface area contributed by atoms with Gasteiger partial charge in [0.2, 0.25) is 0 Å². The van der Waals surface area contributed by atoms with Gasteiger partial charge >= 0.3 is 6.18 Å². The number of hydrogen-bond donors (Lipinski definition) is 0. The van der Waals surface area contributed by atoms with Crippen LogP contribution in [0.25, 0.3) is 0 Å². The number of nitrogens with zero attached hydrogens (tertiary/aromatic N) is 2. The number of hydrogen-bond acceptors (Lipinski definition) is 2. The van der Waals surface area contributed by atoms with Crippen LogP contribution in [0.5, 0.6) is 0 Å². The molecule has 0 radical (unpaired) electrons. The van der Waals surface area contributed by atoms with E-state index in [2.05, 4.69) is 20.9 Å². The largest absolute Gasteiger partial charge is 0.417 e. The third-order valence-electron chi connectivity index (χ3n) is 2.97. The van der Waals surface area contributed by atoms with E-state index >= 15 is 0 Å². The molecule has 2 nitrogen and oxygen atoms in total. The molecule has 19 heavy (non-hydrogen) atoms. The predicted molar refractivity (Wildman–Crippen MR) is 63.3 cm³/mol. The van der Waals surface area contributed by atoms with Gasteiger partial charge in [0.05, 0.1) is 5.56 Å². The maximum absolute atomic E-state index is 13.0. The number of piperidine rings is 1. The molecule has 0 aliphatic carbocycles. The second-order valence-corrected chi connectivity index (χ2v) is 5.22. The van der Waals surface area contributed by atoms with Crippen LogP contribution in [0.3, 0.4) is 0 Å². The van der Waals surface area contributed by atoms with E-state index in [9.17, 15) is 22.0 Å². The van der Waals surface area contributed by atoms with Gasteiger partial charge < -0.3 is 4.90 Å². The van der Waals surface area contributed by atoms with Gasteiger partial charge in [0.15, 0.2) is 0 Å². The van der Waals surface area contributed by atoms with E-state index in [1.54, 1.807) is 0 Å². The molecule has 0 saturated carbocycles. The summed E-state index contributed by atoms with van der Waals surface area (Å²) >= 11 is 2.79. The second-order valence-electron chi connectivity index (χ2n) is 4.36. The number of halogens is 6. The highest BCUT2D eigenvalue weighted by molar-refractivity contribution is 9.10. The quantitative estimate of drug-likeness (QED) is 0.713. The monoisotopic (exact) mass is 344 g/mol. The summed E-state index contributed by atoms with van der Waals surface area (Å²) in [4.78, 5) is 5.30. The summed E-state index contributed by atoms with van der Waals surface area (Å²) in [6.07, 6.45) is -4.20. The van der Waals surface area contributed by atoms with Crippen LogP contribution in [0, 0.1) is 0 Å². The van der Waals surface area contributed by atoms with Crippen molar-refractivity contribution in [2.45, 2.75) is 24.9 Å². The number of anilines is 1. The molecule has 106 valence electrons. The fraction of sp³-hybridized carbons (Fsp3) is 0.545. The van der Waals surface area contributed by atoms with Crippen LogP contribution in [-0.2, 0) is 6.18 Å². The lowest BCUT2D eigenvalue weighted by molar-refractivity contribution is -0.138. The molecule has 8 heteroatoms. The molecule has 2 heterocycles. The number of pyridine rings is 1. The Morgan fingerprint density at radius 3 is 2.32 bits per heavy atom. The third-order valence-corrected chi connectivity index (χ3v) is 3.60. The van der Waals surface area contributed by atoms with Crippen LogP contribution in [0.2, 0.25) is 0 Å². The Morgan fingerprint density at radius 1 is 1.21 bits per heavy atom. The highest BCUT2D eigenvalue weighted by Crippen LogP contribution is 2.37. The van der Waals surface area contributed by atoms with Gasteiger partial charge in [-0.05, 0) is 22.0 Å². The van der Waals surface area contributed by atoms with E-state index in [4.69, 9.17) is 0 Å². The SMILES string of the molecule is FC1(F)CCN(c2cc(C(F)(F)F)c(Br)cn2)CC1. The first kappa shape index (κ1) is 14.5. The number of alkyl halides is 5. The highest BCUT2D eigenvalue weighted by Gasteiger charge is 2.37. The first-order valence-electron chi connectivity index (χ1n) is 5.54. The molecule has 0 N–H and O–H groups in total. The van der Waals surface area contributed by atoms with E-state index in [-0.39, 0.29) is 36.2 Å². The van der Waals surface area contributed by atoms with Gasteiger partial charge in [-0.3, -0.25) is 0 Å². The molecule has 2 rings (SSSR count). The first-order chi connectivity index (χ1) is 8.69. The van der Waals surface area contributed by atoms with E-state index in [0.717, 1.165) is 12.3 Å². The van der Waals surface area contributed by atoms with Gasteiger partial charge in [0, 0.05) is 36.6 Å². The van der Waals surface area contributed by atoms with E-state index in [1.807, 2.05) is 0 Å². The molecular weight excluding hydrogens is 335 g/mol. The van der Waals surface area contributed by atoms with Crippen LogP contribution in [0.4, 0.5) is 27.8 Å². The average Bonchev–Trinajstić information content (AvgIpc) is 2.28. The summed E-state index contributed by atoms with van der Waals surface area (Å²) in [6.45, 7) is -0.00212. The molecule has 0 aromatic carbocycles. The summed E-state index contributed by atoms with van der Waals surface area (Å²) in [5, 5.41) is 0. The molecular formula is C11H10BrF5N2. The Hall–Kier alpha value is -0.920. The maximum Gasteiger partial charge on any atom is 0.417 e. The van der Waals surface area contributed by atoms with Crippen LogP contribution in [-0.4, -0.2) is 24.0 Å². The Kier molecular flexibility index (Phi) is 3.72. The van der Waals surface area contributed by atoms with Gasteiger partial charge in [-0.2, -0.15) is 13.2 Å². The van der Waals surface area contributed by atoms with Gasteiger partial charge in [-0.25, -0.2) is 13.8 Å². The standard InChI is InChI=1S/C11H10BrF5N2/c12-8-6-18-9(5-7(8)11(15,16)17)19-3-1-10(13,14)2-4-19/h5-6H,1-4H2. The topological polar surface area (TPSA) is 16.1 Å². The Morgan fingerprint density at radius 2 is 1.79 bits per heavy atom. The molecule has 0 atom stereocenters. The molecule has 1 fully saturated rings. The lowest BCUT2D eigenvalue weighted by atomic mass is 10.1. The van der Waals surface area contributed by atoms with E-state index in [1.165, 1.54) is 4.90 Å². The fourth-order valence-corrected chi connectivity index (χ4v) is 2.32. The summed E-state index contributed by atoms with van der Waals surface area (Å²) in [7, 11) is 0. The van der Waals surface area contributed by atoms with Crippen molar-refractivity contribution in [2.24, 2.45) is 0 Å². The van der Waals surface area contributed by atoms with Gasteiger partial charge in [-0.1, -0.05) is 0 Å². The second kappa shape index (κ2) is 4.88. The van der Waals surface area contributed by atoms with Gasteiger partial charge in [0.25, 0.3) is 5.92 Å². The highest BCUT2D eigenvalue weighted by atomic mass is 79.9. The van der Waals surface area contributed by atoms with Crippen molar-refractivity contribution in [3.8, 4) is 0 Å². The molecule has 1 saturated heterocycles. The van der Waals surface area contributed by atoms with Crippen molar-refractivity contribution in [3.05, 3.63) is 22.3 Å². The van der Waals surface area contributed by atoms with Crippen molar-refractivity contribution >= 4 is 21.7 Å². The molecule has 0 unspecified atom stereocenters. The minimum atomic E-state index is -4.50. The van der Waals surface area contributed by atoms with E-state index in [0.29, 0.717) is 0 Å². The minimum absolute atomic E-state index is 0.00106. The molecule has 1 aromatic heterocycles. The Labute approximate surface area is 114 Å². The molecule has 0 spiro atoms. The molecule has 1 aliphatic heterocycles. The van der Waals surface area contributed by atoms with Crippen molar-refractivity contribution in [3.63, 3.8) is 0 Å². The Bertz CT molecular complexity index is 465. The summed E-state index contributed by atoms with van der Waals surface area (Å²) in [6, 6.07) is 0.882. The van der Waals surface area contributed by atoms with Crippen molar-refractivity contribution in [1.29, 1.82) is 0 Å². The molecule has 0 bridgehead atoms. The lowest BCUT2D eigenvalue weighted by Crippen LogP contribution is -2.39. The summed E-state index contributed by atoms with van der Waals surface area (Å²) < 4.78 is 64.0. The van der Waals surface area contributed by atoms with Crippen molar-refractivity contribution in [2.75, 3.05) is 18.0 Å². The fourth-order valence-electron chi connectivity index (χ4n) is 1.88. The van der Waals surface area contributed by atoms with E-state index < -0.39 is 17.7 Å². The normalized spacial score (nSPS) is 19.6. The first-order valence-corrected chi connectivity index (χ1v) is 6.34. The zero-order valence-corrected chi connectivity index (χ0v) is 11.2. The summed E-state index contributed by atoms with van der Waals surface area (Å²) in [5.74, 6) is -2.66. The van der Waals surface area contributed by atoms with Crippen LogP contribution in [0.15, 0.2) is 16.7 Å². The molecule has 0 amide bonds. The summed E-state index contributed by atoms with van der Waals surface area (Å²) in [5.41, 5.74) is -0.852. The maximum atomic E-state index is 13.0. The Balaban J connectivity index is 2.23. The van der Waals surface area contributed by atoms with Gasteiger partial charge in [-0.15, -0.1) is 0 Å². The van der Waals surface area contributed by atoms with Crippen LogP contribution in [0.1, 0.15) is 18.4 Å². The predicted octanol–water partition coefficient (Wildman–Crippen LogP) is 4.10. The van der Waals surface area contributed by atoms with Gasteiger partial charge in [0.1, 0.15) is 5.82 Å². The zero-order valence-electron chi connectivity index (χ0n) is 9.65. The van der Waals surface area contributed by atoms with Crippen LogP contribution >= 0.6 is 15.9 Å². The lowest BCUT2D eigenvalue weighted by Gasteiger charge is -2.32. The number of rotatable bonds is 1. The third kappa shape index (κ3) is 3.34. The number of aromatic nitrogens is 1. The zero-order chi connectivity index (χ0) is 14.3.